The maximum Gasteiger partial charge on any atom is 0.326 e. The van der Waals surface area contributed by atoms with Crippen LogP contribution >= 0.6 is 0 Å². The molecule has 126 valence electrons. The summed E-state index contributed by atoms with van der Waals surface area (Å²) in [6.45, 7) is 2.50. The Kier molecular flexibility index (Phi) is 4.82. The first-order chi connectivity index (χ1) is 11.1. The molecule has 1 aromatic rings. The van der Waals surface area contributed by atoms with E-state index in [2.05, 4.69) is 4.90 Å². The van der Waals surface area contributed by atoms with E-state index in [0.717, 1.165) is 13.0 Å². The Morgan fingerprint density at radius 3 is 2.87 bits per heavy atom. The van der Waals surface area contributed by atoms with E-state index < -0.39 is 5.54 Å². The molecule has 2 fully saturated rings. The van der Waals surface area contributed by atoms with E-state index in [1.165, 1.54) is 19.2 Å². The third-order valence-electron chi connectivity index (χ3n) is 4.73. The number of hydrogen-bond donors (Lipinski definition) is 0. The van der Waals surface area contributed by atoms with Crippen molar-refractivity contribution < 1.29 is 23.4 Å². The van der Waals surface area contributed by atoms with Gasteiger partial charge in [-0.25, -0.2) is 4.39 Å². The maximum atomic E-state index is 13.3. The molecule has 2 saturated heterocycles. The SMILES string of the molecule is COC(=O)C1(N2CC[C@@H](Oc3cccc(F)c3)C2)CCOCC1. The summed E-state index contributed by atoms with van der Waals surface area (Å²) in [6.07, 6.45) is 2.01. The molecule has 2 heterocycles. The molecule has 6 heteroatoms. The minimum Gasteiger partial charge on any atom is -0.489 e. The van der Waals surface area contributed by atoms with Gasteiger partial charge in [0.25, 0.3) is 0 Å². The minimum absolute atomic E-state index is 0.0545. The van der Waals surface area contributed by atoms with Crippen molar-refractivity contribution in [1.29, 1.82) is 0 Å². The van der Waals surface area contributed by atoms with Crippen LogP contribution in [0.3, 0.4) is 0 Å². The van der Waals surface area contributed by atoms with Gasteiger partial charge in [0, 0.05) is 32.4 Å². The first kappa shape index (κ1) is 16.2. The first-order valence-electron chi connectivity index (χ1n) is 7.97. The summed E-state index contributed by atoms with van der Waals surface area (Å²) in [5, 5.41) is 0. The van der Waals surface area contributed by atoms with Crippen LogP contribution in [0.4, 0.5) is 4.39 Å². The molecule has 0 unspecified atom stereocenters. The molecule has 23 heavy (non-hydrogen) atoms. The zero-order valence-electron chi connectivity index (χ0n) is 13.3. The van der Waals surface area contributed by atoms with Crippen LogP contribution in [0.15, 0.2) is 24.3 Å². The molecule has 3 rings (SSSR count). The molecule has 0 spiro atoms. The predicted octanol–water partition coefficient (Wildman–Crippen LogP) is 2.00. The number of methoxy groups -OCH3 is 1. The van der Waals surface area contributed by atoms with Crippen molar-refractivity contribution in [3.8, 4) is 5.75 Å². The van der Waals surface area contributed by atoms with E-state index in [4.69, 9.17) is 14.2 Å². The van der Waals surface area contributed by atoms with Crippen molar-refractivity contribution in [1.82, 2.24) is 4.90 Å². The molecule has 0 bridgehead atoms. The molecule has 0 saturated carbocycles. The standard InChI is InChI=1S/C17H22FNO4/c1-21-16(20)17(6-9-22-10-7-17)19-8-5-15(12-19)23-14-4-2-3-13(18)11-14/h2-4,11,15H,5-10,12H2,1H3/t15-/m1/s1. The minimum atomic E-state index is -0.618. The highest BCUT2D eigenvalue weighted by Gasteiger charge is 2.48. The second-order valence-corrected chi connectivity index (χ2v) is 6.07. The second kappa shape index (κ2) is 6.84. The number of benzene rings is 1. The van der Waals surface area contributed by atoms with E-state index in [1.807, 2.05) is 0 Å². The molecular formula is C17H22FNO4. The number of hydrogen-bond acceptors (Lipinski definition) is 5. The van der Waals surface area contributed by atoms with Crippen LogP contribution in [0.1, 0.15) is 19.3 Å². The fourth-order valence-electron chi connectivity index (χ4n) is 3.49. The molecule has 2 aliphatic heterocycles. The summed E-state index contributed by atoms with van der Waals surface area (Å²) in [4.78, 5) is 14.5. The first-order valence-corrected chi connectivity index (χ1v) is 7.97. The van der Waals surface area contributed by atoms with Gasteiger partial charge in [-0.3, -0.25) is 9.69 Å². The van der Waals surface area contributed by atoms with Crippen LogP contribution < -0.4 is 4.74 Å². The fraction of sp³-hybridized carbons (Fsp3) is 0.588. The highest BCUT2D eigenvalue weighted by atomic mass is 19.1. The monoisotopic (exact) mass is 323 g/mol. The van der Waals surface area contributed by atoms with Crippen molar-refractivity contribution >= 4 is 5.97 Å². The highest BCUT2D eigenvalue weighted by Crippen LogP contribution is 2.33. The Labute approximate surface area is 135 Å². The summed E-state index contributed by atoms with van der Waals surface area (Å²) in [5.74, 6) is 0.0102. The molecule has 0 aromatic heterocycles. The lowest BCUT2D eigenvalue weighted by atomic mass is 9.88. The largest absolute Gasteiger partial charge is 0.489 e. The molecule has 0 radical (unpaired) electrons. The summed E-state index contributed by atoms with van der Waals surface area (Å²) >= 11 is 0. The number of ether oxygens (including phenoxy) is 3. The highest BCUT2D eigenvalue weighted by molar-refractivity contribution is 5.81. The number of rotatable bonds is 4. The number of likely N-dealkylation sites (tertiary alicyclic amines) is 1. The lowest BCUT2D eigenvalue weighted by molar-refractivity contribution is -0.161. The van der Waals surface area contributed by atoms with Crippen LogP contribution in [-0.4, -0.2) is 55.9 Å². The van der Waals surface area contributed by atoms with Gasteiger partial charge in [-0.1, -0.05) is 6.07 Å². The van der Waals surface area contributed by atoms with Crippen LogP contribution in [-0.2, 0) is 14.3 Å². The normalized spacial score (nSPS) is 24.3. The number of halogens is 1. The Hall–Kier alpha value is -1.66. The van der Waals surface area contributed by atoms with E-state index in [-0.39, 0.29) is 17.9 Å². The Bertz CT molecular complexity index is 559. The zero-order valence-corrected chi connectivity index (χ0v) is 13.3. The topological polar surface area (TPSA) is 48.0 Å². The van der Waals surface area contributed by atoms with Gasteiger partial charge in [0.05, 0.1) is 7.11 Å². The van der Waals surface area contributed by atoms with Gasteiger partial charge >= 0.3 is 5.97 Å². The Morgan fingerprint density at radius 2 is 2.17 bits per heavy atom. The van der Waals surface area contributed by atoms with Gasteiger partial charge in [0.15, 0.2) is 0 Å². The average Bonchev–Trinajstić information content (AvgIpc) is 3.03. The van der Waals surface area contributed by atoms with Gasteiger partial charge < -0.3 is 14.2 Å². The third-order valence-corrected chi connectivity index (χ3v) is 4.73. The molecule has 1 aromatic carbocycles. The van der Waals surface area contributed by atoms with E-state index in [9.17, 15) is 9.18 Å². The fourth-order valence-corrected chi connectivity index (χ4v) is 3.49. The molecule has 0 N–H and O–H groups in total. The molecule has 0 amide bonds. The van der Waals surface area contributed by atoms with Crippen molar-refractivity contribution in [2.45, 2.75) is 30.9 Å². The molecule has 1 atom stereocenters. The van der Waals surface area contributed by atoms with Gasteiger partial charge in [-0.2, -0.15) is 0 Å². The zero-order chi connectivity index (χ0) is 16.3. The molecular weight excluding hydrogens is 301 g/mol. The number of nitrogens with zero attached hydrogens (tertiary/aromatic N) is 1. The van der Waals surface area contributed by atoms with E-state index in [0.29, 0.717) is 38.3 Å². The van der Waals surface area contributed by atoms with Crippen LogP contribution in [0, 0.1) is 5.82 Å². The maximum absolute atomic E-state index is 13.3. The summed E-state index contributed by atoms with van der Waals surface area (Å²) in [7, 11) is 1.43. The number of carbonyl (C=O) groups is 1. The van der Waals surface area contributed by atoms with Crippen molar-refractivity contribution in [3.63, 3.8) is 0 Å². The summed E-state index contributed by atoms with van der Waals surface area (Å²) < 4.78 is 29.6. The lowest BCUT2D eigenvalue weighted by Gasteiger charge is -2.41. The van der Waals surface area contributed by atoms with E-state index >= 15 is 0 Å². The molecule has 0 aliphatic carbocycles. The molecule has 2 aliphatic rings. The smallest absolute Gasteiger partial charge is 0.326 e. The van der Waals surface area contributed by atoms with Crippen LogP contribution in [0.5, 0.6) is 5.75 Å². The van der Waals surface area contributed by atoms with Gasteiger partial charge in [0.1, 0.15) is 23.2 Å². The quantitative estimate of drug-likeness (QED) is 0.793. The van der Waals surface area contributed by atoms with Crippen molar-refractivity contribution in [2.24, 2.45) is 0 Å². The Balaban J connectivity index is 1.68. The third kappa shape index (κ3) is 3.33. The van der Waals surface area contributed by atoms with E-state index in [1.54, 1.807) is 12.1 Å². The summed E-state index contributed by atoms with van der Waals surface area (Å²) in [6, 6.07) is 6.15. The van der Waals surface area contributed by atoms with Gasteiger partial charge in [0.2, 0.25) is 0 Å². The predicted molar refractivity (Wildman–Crippen MR) is 81.8 cm³/mol. The lowest BCUT2D eigenvalue weighted by Crippen LogP contribution is -2.57. The van der Waals surface area contributed by atoms with Gasteiger partial charge in [-0.15, -0.1) is 0 Å². The van der Waals surface area contributed by atoms with Crippen LogP contribution in [0.25, 0.3) is 0 Å². The average molecular weight is 323 g/mol. The number of esters is 1. The second-order valence-electron chi connectivity index (χ2n) is 6.07. The summed E-state index contributed by atoms with van der Waals surface area (Å²) in [5.41, 5.74) is -0.618. The van der Waals surface area contributed by atoms with Crippen LogP contribution in [0.2, 0.25) is 0 Å². The van der Waals surface area contributed by atoms with Crippen molar-refractivity contribution in [2.75, 3.05) is 33.4 Å². The molecule has 5 nitrogen and oxygen atoms in total. The Morgan fingerprint density at radius 1 is 1.39 bits per heavy atom. The van der Waals surface area contributed by atoms with Crippen molar-refractivity contribution in [3.05, 3.63) is 30.1 Å². The number of carbonyl (C=O) groups excluding carboxylic acids is 1. The van der Waals surface area contributed by atoms with Gasteiger partial charge in [-0.05, 0) is 31.4 Å².